The van der Waals surface area contributed by atoms with Gasteiger partial charge in [-0.25, -0.2) is 0 Å². The molecule has 2 saturated carbocycles. The molecule has 0 heterocycles. The second-order valence-electron chi connectivity index (χ2n) is 6.68. The average Bonchev–Trinajstić information content (AvgIpc) is 2.49. The van der Waals surface area contributed by atoms with Crippen molar-refractivity contribution >= 4 is 51.2 Å². The molecule has 2 fully saturated rings. The van der Waals surface area contributed by atoms with E-state index in [1.807, 2.05) is 6.92 Å². The van der Waals surface area contributed by atoms with Crippen LogP contribution in [-0.4, -0.2) is 19.4 Å². The van der Waals surface area contributed by atoms with Crippen LogP contribution in [0.2, 0.25) is 0 Å². The molecule has 2 rings (SSSR count). The molecule has 0 N–H and O–H groups in total. The van der Waals surface area contributed by atoms with Crippen LogP contribution >= 0.6 is 45.2 Å². The van der Waals surface area contributed by atoms with Crippen LogP contribution in [0.3, 0.4) is 0 Å². The Morgan fingerprint density at radius 3 is 2.25 bits per heavy atom. The van der Waals surface area contributed by atoms with Crippen LogP contribution in [0.1, 0.15) is 71.1 Å². The van der Waals surface area contributed by atoms with Gasteiger partial charge in [-0.1, -0.05) is 70.9 Å². The number of carbonyl (C=O) groups excluding carboxylic acids is 1. The standard InChI is InChI=1S/C16H26I2O2/c1-15(18,12-17)14(19)20-16(10-6-3-7-11-16)13-8-4-2-5-9-13/h13H,2-12H2,1H3. The Morgan fingerprint density at radius 1 is 1.15 bits per heavy atom. The van der Waals surface area contributed by atoms with E-state index in [-0.39, 0.29) is 15.0 Å². The van der Waals surface area contributed by atoms with E-state index >= 15 is 0 Å². The van der Waals surface area contributed by atoms with Gasteiger partial charge in [0, 0.05) is 4.43 Å². The average molecular weight is 504 g/mol. The van der Waals surface area contributed by atoms with Crippen LogP contribution in [0.4, 0.5) is 0 Å². The van der Waals surface area contributed by atoms with Crippen LogP contribution < -0.4 is 0 Å². The molecule has 0 aromatic rings. The van der Waals surface area contributed by atoms with Crippen molar-refractivity contribution in [3.8, 4) is 0 Å². The Hall–Kier alpha value is 0.930. The van der Waals surface area contributed by atoms with E-state index in [4.69, 9.17) is 4.74 Å². The Labute approximate surface area is 150 Å². The highest BCUT2D eigenvalue weighted by Gasteiger charge is 2.46. The molecule has 0 aliphatic heterocycles. The molecule has 1 atom stereocenters. The van der Waals surface area contributed by atoms with Crippen molar-refractivity contribution < 1.29 is 9.53 Å². The molecule has 1 unspecified atom stereocenters. The fraction of sp³-hybridized carbons (Fsp3) is 0.938. The number of rotatable bonds is 4. The molecular weight excluding hydrogens is 478 g/mol. The van der Waals surface area contributed by atoms with Gasteiger partial charge < -0.3 is 4.74 Å². The number of carbonyl (C=O) groups is 1. The van der Waals surface area contributed by atoms with Gasteiger partial charge in [0.25, 0.3) is 0 Å². The van der Waals surface area contributed by atoms with Gasteiger partial charge in [0.2, 0.25) is 0 Å². The number of alkyl halides is 2. The van der Waals surface area contributed by atoms with Gasteiger partial charge >= 0.3 is 5.97 Å². The normalized spacial score (nSPS) is 26.8. The van der Waals surface area contributed by atoms with Crippen LogP contribution in [0.25, 0.3) is 0 Å². The van der Waals surface area contributed by atoms with Crippen molar-refractivity contribution in [3.63, 3.8) is 0 Å². The lowest BCUT2D eigenvalue weighted by Crippen LogP contribution is -2.48. The van der Waals surface area contributed by atoms with E-state index in [2.05, 4.69) is 45.2 Å². The fourth-order valence-electron chi connectivity index (χ4n) is 3.72. The molecule has 2 nitrogen and oxygen atoms in total. The van der Waals surface area contributed by atoms with Crippen LogP contribution in [0.5, 0.6) is 0 Å². The molecule has 0 bridgehead atoms. The summed E-state index contributed by atoms with van der Waals surface area (Å²) in [4.78, 5) is 12.6. The lowest BCUT2D eigenvalue weighted by atomic mass is 9.69. The summed E-state index contributed by atoms with van der Waals surface area (Å²) in [7, 11) is 0. The summed E-state index contributed by atoms with van der Waals surface area (Å²) < 4.78 is 6.66. The molecule has 116 valence electrons. The number of ether oxygens (including phenoxy) is 1. The van der Waals surface area contributed by atoms with Crippen molar-refractivity contribution in [3.05, 3.63) is 0 Å². The summed E-state index contributed by atoms with van der Waals surface area (Å²) in [5.74, 6) is 0.627. The van der Waals surface area contributed by atoms with E-state index in [1.165, 1.54) is 51.4 Å². The first-order chi connectivity index (χ1) is 9.50. The molecule has 4 heteroatoms. The zero-order valence-electron chi connectivity index (χ0n) is 12.4. The minimum atomic E-state index is -0.378. The van der Waals surface area contributed by atoms with Crippen molar-refractivity contribution in [2.45, 2.75) is 80.2 Å². The third-order valence-electron chi connectivity index (χ3n) is 5.02. The van der Waals surface area contributed by atoms with Gasteiger partial charge in [-0.2, -0.15) is 0 Å². The molecule has 0 saturated heterocycles. The number of hydrogen-bond acceptors (Lipinski definition) is 2. The van der Waals surface area contributed by atoms with Crippen molar-refractivity contribution in [1.82, 2.24) is 0 Å². The van der Waals surface area contributed by atoms with Gasteiger partial charge in [0.1, 0.15) is 9.02 Å². The maximum atomic E-state index is 12.6. The third kappa shape index (κ3) is 4.02. The molecule has 20 heavy (non-hydrogen) atoms. The molecule has 0 radical (unpaired) electrons. The van der Waals surface area contributed by atoms with E-state index < -0.39 is 0 Å². The largest absolute Gasteiger partial charge is 0.458 e. The second-order valence-corrected chi connectivity index (χ2v) is 9.82. The molecule has 2 aliphatic carbocycles. The molecule has 0 amide bonds. The lowest BCUT2D eigenvalue weighted by molar-refractivity contribution is -0.174. The highest BCUT2D eigenvalue weighted by atomic mass is 127. The smallest absolute Gasteiger partial charge is 0.323 e. The number of hydrogen-bond donors (Lipinski definition) is 0. The van der Waals surface area contributed by atoms with Crippen LogP contribution in [0.15, 0.2) is 0 Å². The molecule has 0 spiro atoms. The minimum Gasteiger partial charge on any atom is -0.458 e. The first kappa shape index (κ1) is 17.3. The summed E-state index contributed by atoms with van der Waals surface area (Å²) >= 11 is 4.55. The first-order valence-corrected chi connectivity index (χ1v) is 10.6. The van der Waals surface area contributed by atoms with Gasteiger partial charge in [0.15, 0.2) is 0 Å². The molecular formula is C16H26I2O2. The van der Waals surface area contributed by atoms with Crippen LogP contribution in [0, 0.1) is 5.92 Å². The maximum absolute atomic E-state index is 12.6. The second kappa shape index (κ2) is 7.47. The Morgan fingerprint density at radius 2 is 1.70 bits per heavy atom. The fourth-order valence-corrected chi connectivity index (χ4v) is 4.14. The van der Waals surface area contributed by atoms with Crippen molar-refractivity contribution in [2.75, 3.05) is 4.43 Å². The summed E-state index contributed by atoms with van der Waals surface area (Å²) in [6, 6.07) is 0. The lowest BCUT2D eigenvalue weighted by Gasteiger charge is -2.45. The predicted octanol–water partition coefficient (Wildman–Crippen LogP) is 5.44. The molecule has 0 aromatic heterocycles. The highest BCUT2D eigenvalue weighted by molar-refractivity contribution is 14.1. The summed E-state index contributed by atoms with van der Waals surface area (Å²) in [5, 5.41) is 0. The Kier molecular flexibility index (Phi) is 6.45. The zero-order valence-corrected chi connectivity index (χ0v) is 16.7. The van der Waals surface area contributed by atoms with Gasteiger partial charge in [-0.3, -0.25) is 4.79 Å². The number of esters is 1. The van der Waals surface area contributed by atoms with Crippen molar-refractivity contribution in [2.24, 2.45) is 5.92 Å². The maximum Gasteiger partial charge on any atom is 0.323 e. The van der Waals surface area contributed by atoms with Crippen molar-refractivity contribution in [1.29, 1.82) is 0 Å². The van der Waals surface area contributed by atoms with E-state index in [0.29, 0.717) is 5.92 Å². The zero-order chi connectivity index (χ0) is 14.6. The quantitative estimate of drug-likeness (QED) is 0.290. The summed E-state index contributed by atoms with van der Waals surface area (Å²) in [6.07, 6.45) is 12.5. The first-order valence-electron chi connectivity index (χ1n) is 7.98. The Balaban J connectivity index is 2.12. The third-order valence-corrected chi connectivity index (χ3v) is 8.83. The minimum absolute atomic E-state index is 0.0139. The predicted molar refractivity (Wildman–Crippen MR) is 99.8 cm³/mol. The van der Waals surface area contributed by atoms with Gasteiger partial charge in [-0.05, 0) is 51.4 Å². The van der Waals surface area contributed by atoms with Gasteiger partial charge in [-0.15, -0.1) is 0 Å². The Bertz CT molecular complexity index is 329. The molecule has 0 aromatic carbocycles. The highest BCUT2D eigenvalue weighted by Crippen LogP contribution is 2.45. The van der Waals surface area contributed by atoms with Crippen LogP contribution in [-0.2, 0) is 9.53 Å². The summed E-state index contributed by atoms with van der Waals surface area (Å²) in [6.45, 7) is 2.00. The SMILES string of the molecule is CC(I)(CI)C(=O)OC1(C2CCCCC2)CCCCC1. The number of halogens is 2. The molecule has 2 aliphatic rings. The van der Waals surface area contributed by atoms with E-state index in [1.54, 1.807) is 0 Å². The topological polar surface area (TPSA) is 26.3 Å². The van der Waals surface area contributed by atoms with Gasteiger partial charge in [0.05, 0.1) is 0 Å². The van der Waals surface area contributed by atoms with E-state index in [0.717, 1.165) is 17.3 Å². The van der Waals surface area contributed by atoms with E-state index in [9.17, 15) is 4.79 Å². The summed E-state index contributed by atoms with van der Waals surface area (Å²) in [5.41, 5.74) is -0.131. The monoisotopic (exact) mass is 504 g/mol.